The van der Waals surface area contributed by atoms with Crippen molar-refractivity contribution >= 4 is 15.9 Å². The fourth-order valence-corrected chi connectivity index (χ4v) is 2.05. The van der Waals surface area contributed by atoms with E-state index in [4.69, 9.17) is 10.5 Å². The van der Waals surface area contributed by atoms with Crippen molar-refractivity contribution in [1.82, 2.24) is 0 Å². The topological polar surface area (TPSA) is 55.5 Å². The van der Waals surface area contributed by atoms with E-state index >= 15 is 0 Å². The first-order valence-corrected chi connectivity index (χ1v) is 4.84. The van der Waals surface area contributed by atoms with Crippen LogP contribution in [0.5, 0.6) is 5.75 Å². The summed E-state index contributed by atoms with van der Waals surface area (Å²) in [5.41, 5.74) is 6.68. The van der Waals surface area contributed by atoms with Crippen LogP contribution in [-0.2, 0) is 0 Å². The lowest BCUT2D eigenvalue weighted by atomic mass is 9.99. The van der Waals surface area contributed by atoms with Gasteiger partial charge in [0, 0.05) is 10.0 Å². The van der Waals surface area contributed by atoms with Crippen molar-refractivity contribution in [3.05, 3.63) is 28.2 Å². The summed E-state index contributed by atoms with van der Waals surface area (Å²) in [5, 5.41) is 9.48. The fraction of sp³-hybridized carbons (Fsp3) is 0.333. The Morgan fingerprint density at radius 3 is 3.08 bits per heavy atom. The van der Waals surface area contributed by atoms with Gasteiger partial charge in [0.25, 0.3) is 0 Å². The van der Waals surface area contributed by atoms with Gasteiger partial charge in [-0.3, -0.25) is 0 Å². The number of aliphatic hydroxyl groups excluding tert-OH is 1. The van der Waals surface area contributed by atoms with E-state index in [2.05, 4.69) is 15.9 Å². The second-order valence-electron chi connectivity index (χ2n) is 3.06. The van der Waals surface area contributed by atoms with Gasteiger partial charge in [0.2, 0.25) is 0 Å². The quantitative estimate of drug-likeness (QED) is 0.721. The zero-order chi connectivity index (χ0) is 9.42. The highest BCUT2D eigenvalue weighted by molar-refractivity contribution is 9.10. The van der Waals surface area contributed by atoms with Crippen LogP contribution < -0.4 is 10.5 Å². The molecule has 2 atom stereocenters. The molecule has 0 bridgehead atoms. The Balaban J connectivity index is 2.51. The summed E-state index contributed by atoms with van der Waals surface area (Å²) < 4.78 is 6.21. The van der Waals surface area contributed by atoms with E-state index in [0.717, 1.165) is 15.8 Å². The molecular weight excluding hydrogens is 234 g/mol. The van der Waals surface area contributed by atoms with Gasteiger partial charge >= 0.3 is 0 Å². The summed E-state index contributed by atoms with van der Waals surface area (Å²) in [4.78, 5) is 0. The Bertz CT molecular complexity index is 329. The highest BCUT2D eigenvalue weighted by atomic mass is 79.9. The minimum absolute atomic E-state index is 0.268. The van der Waals surface area contributed by atoms with Crippen LogP contribution in [0.25, 0.3) is 0 Å². The Kier molecular flexibility index (Phi) is 2.27. The average molecular weight is 244 g/mol. The van der Waals surface area contributed by atoms with E-state index in [9.17, 15) is 5.11 Å². The number of fused-ring (bicyclic) bond motifs is 1. The van der Waals surface area contributed by atoms with Crippen molar-refractivity contribution in [3.63, 3.8) is 0 Å². The minimum atomic E-state index is -0.619. The van der Waals surface area contributed by atoms with Gasteiger partial charge in [0.05, 0.1) is 6.04 Å². The molecule has 3 nitrogen and oxygen atoms in total. The van der Waals surface area contributed by atoms with Gasteiger partial charge in [-0.2, -0.15) is 0 Å². The Labute approximate surface area is 84.6 Å². The van der Waals surface area contributed by atoms with Gasteiger partial charge in [-0.15, -0.1) is 0 Å². The van der Waals surface area contributed by atoms with Gasteiger partial charge in [-0.1, -0.05) is 22.0 Å². The van der Waals surface area contributed by atoms with Gasteiger partial charge in [-0.25, -0.2) is 0 Å². The summed E-state index contributed by atoms with van der Waals surface area (Å²) >= 11 is 3.38. The van der Waals surface area contributed by atoms with Crippen LogP contribution in [0.4, 0.5) is 0 Å². The van der Waals surface area contributed by atoms with E-state index in [1.165, 1.54) is 0 Å². The normalized spacial score (nSPS) is 26.4. The maximum absolute atomic E-state index is 9.48. The number of hydrogen-bond acceptors (Lipinski definition) is 3. The lowest BCUT2D eigenvalue weighted by Gasteiger charge is -2.28. The molecule has 1 heterocycles. The standard InChI is InChI=1S/C9H10BrNO2/c10-5-2-1-3-7-8(5)9(11)6(12)4-13-7/h1-3,6,9,12H,4,11H2. The summed E-state index contributed by atoms with van der Waals surface area (Å²) in [7, 11) is 0. The molecule has 4 heteroatoms. The van der Waals surface area contributed by atoms with Crippen LogP contribution in [0.15, 0.2) is 22.7 Å². The van der Waals surface area contributed by atoms with Gasteiger partial charge < -0.3 is 15.6 Å². The number of benzene rings is 1. The summed E-state index contributed by atoms with van der Waals surface area (Å²) in [5.74, 6) is 0.757. The van der Waals surface area contributed by atoms with Crippen LogP contribution >= 0.6 is 15.9 Å². The smallest absolute Gasteiger partial charge is 0.125 e. The Hall–Kier alpha value is -0.580. The third-order valence-electron chi connectivity index (χ3n) is 2.17. The molecule has 0 saturated heterocycles. The van der Waals surface area contributed by atoms with Crippen molar-refractivity contribution in [3.8, 4) is 5.75 Å². The van der Waals surface area contributed by atoms with Crippen LogP contribution in [0.2, 0.25) is 0 Å². The molecule has 1 aliphatic heterocycles. The van der Waals surface area contributed by atoms with Gasteiger partial charge in [0.15, 0.2) is 0 Å². The molecule has 0 fully saturated rings. The summed E-state index contributed by atoms with van der Waals surface area (Å²) in [6.45, 7) is 0.268. The van der Waals surface area contributed by atoms with E-state index < -0.39 is 6.10 Å². The first-order chi connectivity index (χ1) is 6.20. The minimum Gasteiger partial charge on any atom is -0.490 e. The molecule has 0 radical (unpaired) electrons. The summed E-state index contributed by atoms with van der Waals surface area (Å²) in [6.07, 6.45) is -0.619. The number of nitrogens with two attached hydrogens (primary N) is 1. The average Bonchev–Trinajstić information content (AvgIpc) is 2.12. The van der Waals surface area contributed by atoms with Crippen LogP contribution in [-0.4, -0.2) is 17.8 Å². The molecule has 1 aliphatic rings. The van der Waals surface area contributed by atoms with E-state index in [1.807, 2.05) is 18.2 Å². The maximum atomic E-state index is 9.48. The highest BCUT2D eigenvalue weighted by Crippen LogP contribution is 2.35. The predicted octanol–water partition coefficient (Wildman–Crippen LogP) is 1.20. The molecule has 0 aliphatic carbocycles. The SMILES string of the molecule is NC1c2c(Br)cccc2OCC1O. The van der Waals surface area contributed by atoms with Crippen LogP contribution in [0.1, 0.15) is 11.6 Å². The second-order valence-corrected chi connectivity index (χ2v) is 3.91. The largest absolute Gasteiger partial charge is 0.490 e. The summed E-state index contributed by atoms with van der Waals surface area (Å²) in [6, 6.07) is 5.26. The lowest BCUT2D eigenvalue weighted by molar-refractivity contribution is 0.0675. The maximum Gasteiger partial charge on any atom is 0.125 e. The number of rotatable bonds is 0. The van der Waals surface area contributed by atoms with E-state index in [1.54, 1.807) is 0 Å². The zero-order valence-corrected chi connectivity index (χ0v) is 8.49. The lowest BCUT2D eigenvalue weighted by Crippen LogP contribution is -2.35. The molecule has 0 amide bonds. The Morgan fingerprint density at radius 2 is 2.31 bits per heavy atom. The molecule has 2 rings (SSSR count). The number of ether oxygens (including phenoxy) is 1. The molecular formula is C9H10BrNO2. The van der Waals surface area contributed by atoms with Crippen LogP contribution in [0, 0.1) is 0 Å². The monoisotopic (exact) mass is 243 g/mol. The molecule has 70 valence electrons. The highest BCUT2D eigenvalue weighted by Gasteiger charge is 2.27. The molecule has 0 spiro atoms. The zero-order valence-electron chi connectivity index (χ0n) is 6.90. The molecule has 2 unspecified atom stereocenters. The molecule has 13 heavy (non-hydrogen) atoms. The molecule has 3 N–H and O–H groups in total. The van der Waals surface area contributed by atoms with Gasteiger partial charge in [0.1, 0.15) is 18.5 Å². The number of aliphatic hydroxyl groups is 1. The van der Waals surface area contributed by atoms with Crippen molar-refractivity contribution in [2.24, 2.45) is 5.73 Å². The van der Waals surface area contributed by atoms with E-state index in [-0.39, 0.29) is 12.6 Å². The number of halogens is 1. The van der Waals surface area contributed by atoms with E-state index in [0.29, 0.717) is 0 Å². The molecule has 0 aromatic heterocycles. The van der Waals surface area contributed by atoms with Crippen molar-refractivity contribution in [2.45, 2.75) is 12.1 Å². The first kappa shape index (κ1) is 8.99. The van der Waals surface area contributed by atoms with Crippen molar-refractivity contribution in [1.29, 1.82) is 0 Å². The van der Waals surface area contributed by atoms with Crippen molar-refractivity contribution in [2.75, 3.05) is 6.61 Å². The third-order valence-corrected chi connectivity index (χ3v) is 2.86. The van der Waals surface area contributed by atoms with Gasteiger partial charge in [-0.05, 0) is 12.1 Å². The molecule has 0 saturated carbocycles. The first-order valence-electron chi connectivity index (χ1n) is 4.05. The Morgan fingerprint density at radius 1 is 1.54 bits per heavy atom. The van der Waals surface area contributed by atoms with Crippen LogP contribution in [0.3, 0.4) is 0 Å². The third kappa shape index (κ3) is 1.45. The second kappa shape index (κ2) is 3.29. The molecule has 1 aromatic rings. The predicted molar refractivity (Wildman–Crippen MR) is 52.6 cm³/mol. The van der Waals surface area contributed by atoms with Crippen molar-refractivity contribution < 1.29 is 9.84 Å². The number of hydrogen-bond donors (Lipinski definition) is 2. The molecule has 1 aromatic carbocycles. The fourth-order valence-electron chi connectivity index (χ4n) is 1.44.